The van der Waals surface area contributed by atoms with Gasteiger partial charge in [0.25, 0.3) is 0 Å². The average molecular weight is 241 g/mol. The summed E-state index contributed by atoms with van der Waals surface area (Å²) in [5.74, 6) is 0.652. The number of nitrogens with zero attached hydrogens (tertiary/aromatic N) is 1. The van der Waals surface area contributed by atoms with E-state index in [0.29, 0.717) is 5.88 Å². The number of nitrogens with two attached hydrogens (primary N) is 1. The molecule has 2 N–H and O–H groups in total. The number of halogens is 1. The number of anilines is 1. The molecule has 0 aliphatic rings. The zero-order chi connectivity index (χ0) is 12.0. The molecule has 16 heavy (non-hydrogen) atoms. The normalized spacial score (nSPS) is 12.5. The molecule has 0 fully saturated rings. The lowest BCUT2D eigenvalue weighted by Crippen LogP contribution is -2.22. The standard InChI is InChI=1S/C13H21ClN2/c1-3-12(15)10-11-4-6-13(7-5-11)16(2)9-8-14/h4-7,12H,3,8-10,15H2,1-2H3. The van der Waals surface area contributed by atoms with Gasteiger partial charge in [0.15, 0.2) is 0 Å². The van der Waals surface area contributed by atoms with Crippen molar-refractivity contribution in [1.82, 2.24) is 0 Å². The fraction of sp³-hybridized carbons (Fsp3) is 0.538. The van der Waals surface area contributed by atoms with Crippen LogP contribution in [0, 0.1) is 0 Å². The molecule has 2 nitrogen and oxygen atoms in total. The summed E-state index contributed by atoms with van der Waals surface area (Å²) in [5.41, 5.74) is 8.43. The Morgan fingerprint density at radius 3 is 2.44 bits per heavy atom. The predicted molar refractivity (Wildman–Crippen MR) is 72.4 cm³/mol. The van der Waals surface area contributed by atoms with Crippen LogP contribution in [0.2, 0.25) is 0 Å². The molecule has 0 amide bonds. The summed E-state index contributed by atoms with van der Waals surface area (Å²) in [4.78, 5) is 2.15. The second-order valence-electron chi connectivity index (χ2n) is 4.15. The van der Waals surface area contributed by atoms with Crippen LogP contribution in [0.3, 0.4) is 0 Å². The average Bonchev–Trinajstić information content (AvgIpc) is 2.30. The molecule has 0 bridgehead atoms. The van der Waals surface area contributed by atoms with Gasteiger partial charge in [0, 0.05) is 31.2 Å². The maximum Gasteiger partial charge on any atom is 0.0399 e. The monoisotopic (exact) mass is 240 g/mol. The highest BCUT2D eigenvalue weighted by atomic mass is 35.5. The lowest BCUT2D eigenvalue weighted by molar-refractivity contribution is 0.646. The van der Waals surface area contributed by atoms with E-state index in [4.69, 9.17) is 17.3 Å². The van der Waals surface area contributed by atoms with Crippen LogP contribution in [-0.2, 0) is 6.42 Å². The van der Waals surface area contributed by atoms with Gasteiger partial charge >= 0.3 is 0 Å². The Labute approximate surface area is 103 Å². The van der Waals surface area contributed by atoms with E-state index in [1.165, 1.54) is 11.3 Å². The van der Waals surface area contributed by atoms with E-state index < -0.39 is 0 Å². The van der Waals surface area contributed by atoms with E-state index in [9.17, 15) is 0 Å². The molecular formula is C13H21ClN2. The van der Waals surface area contributed by atoms with E-state index >= 15 is 0 Å². The molecule has 0 aromatic heterocycles. The van der Waals surface area contributed by atoms with Crippen LogP contribution < -0.4 is 10.6 Å². The third-order valence-corrected chi connectivity index (χ3v) is 2.99. The van der Waals surface area contributed by atoms with Crippen LogP contribution in [0.1, 0.15) is 18.9 Å². The van der Waals surface area contributed by atoms with Gasteiger partial charge in [-0.3, -0.25) is 0 Å². The third kappa shape index (κ3) is 4.03. The third-order valence-electron chi connectivity index (χ3n) is 2.82. The Morgan fingerprint density at radius 1 is 1.31 bits per heavy atom. The molecule has 1 atom stereocenters. The topological polar surface area (TPSA) is 29.3 Å². The van der Waals surface area contributed by atoms with E-state index in [-0.39, 0.29) is 6.04 Å². The second-order valence-corrected chi connectivity index (χ2v) is 4.53. The molecule has 0 aliphatic heterocycles. The van der Waals surface area contributed by atoms with Gasteiger partial charge in [-0.05, 0) is 30.5 Å². The molecule has 0 aliphatic carbocycles. The van der Waals surface area contributed by atoms with Crippen molar-refractivity contribution >= 4 is 17.3 Å². The van der Waals surface area contributed by atoms with Crippen molar-refractivity contribution in [2.24, 2.45) is 5.73 Å². The molecule has 1 aromatic rings. The first-order valence-corrected chi connectivity index (χ1v) is 6.32. The van der Waals surface area contributed by atoms with Gasteiger partial charge in [-0.15, -0.1) is 11.6 Å². The minimum atomic E-state index is 0.270. The molecule has 0 heterocycles. The Hall–Kier alpha value is -0.730. The van der Waals surface area contributed by atoms with Crippen LogP contribution >= 0.6 is 11.6 Å². The predicted octanol–water partition coefficient (Wildman–Crippen LogP) is 2.64. The summed E-state index contributed by atoms with van der Waals surface area (Å²) in [5, 5.41) is 0. The molecule has 1 aromatic carbocycles. The smallest absolute Gasteiger partial charge is 0.0399 e. The SMILES string of the molecule is CCC(N)Cc1ccc(N(C)CCCl)cc1. The summed E-state index contributed by atoms with van der Waals surface area (Å²) in [6, 6.07) is 8.83. The van der Waals surface area contributed by atoms with Crippen LogP contribution in [0.4, 0.5) is 5.69 Å². The Kier molecular flexibility index (Phi) is 5.64. The number of hydrogen-bond donors (Lipinski definition) is 1. The minimum absolute atomic E-state index is 0.270. The number of benzene rings is 1. The largest absolute Gasteiger partial charge is 0.373 e. The Bertz CT molecular complexity index is 297. The quantitative estimate of drug-likeness (QED) is 0.775. The van der Waals surface area contributed by atoms with Gasteiger partial charge < -0.3 is 10.6 Å². The molecule has 0 saturated heterocycles. The Morgan fingerprint density at radius 2 is 1.94 bits per heavy atom. The Balaban J connectivity index is 2.60. The number of alkyl halides is 1. The molecule has 3 heteroatoms. The molecular weight excluding hydrogens is 220 g/mol. The highest BCUT2D eigenvalue weighted by Crippen LogP contribution is 2.14. The summed E-state index contributed by atoms with van der Waals surface area (Å²) in [6.07, 6.45) is 1.98. The summed E-state index contributed by atoms with van der Waals surface area (Å²) < 4.78 is 0. The first-order valence-electron chi connectivity index (χ1n) is 5.79. The van der Waals surface area contributed by atoms with Crippen LogP contribution in [0.5, 0.6) is 0 Å². The zero-order valence-corrected chi connectivity index (χ0v) is 10.9. The van der Waals surface area contributed by atoms with Crippen molar-refractivity contribution in [2.75, 3.05) is 24.4 Å². The minimum Gasteiger partial charge on any atom is -0.373 e. The first kappa shape index (κ1) is 13.3. The van der Waals surface area contributed by atoms with Crippen LogP contribution in [0.25, 0.3) is 0 Å². The van der Waals surface area contributed by atoms with E-state index in [0.717, 1.165) is 19.4 Å². The number of hydrogen-bond acceptors (Lipinski definition) is 2. The highest BCUT2D eigenvalue weighted by Gasteiger charge is 2.03. The fourth-order valence-corrected chi connectivity index (χ4v) is 1.84. The molecule has 1 rings (SSSR count). The molecule has 0 radical (unpaired) electrons. The summed E-state index contributed by atoms with van der Waals surface area (Å²) >= 11 is 5.71. The van der Waals surface area contributed by atoms with Crippen LogP contribution in [0.15, 0.2) is 24.3 Å². The summed E-state index contributed by atoms with van der Waals surface area (Å²) in [6.45, 7) is 2.99. The van der Waals surface area contributed by atoms with Gasteiger partial charge in [-0.25, -0.2) is 0 Å². The van der Waals surface area contributed by atoms with E-state index in [2.05, 4.69) is 43.1 Å². The summed E-state index contributed by atoms with van der Waals surface area (Å²) in [7, 11) is 2.05. The molecule has 0 saturated carbocycles. The van der Waals surface area contributed by atoms with Crippen molar-refractivity contribution in [2.45, 2.75) is 25.8 Å². The first-order chi connectivity index (χ1) is 7.67. The van der Waals surface area contributed by atoms with Crippen LogP contribution in [-0.4, -0.2) is 25.5 Å². The van der Waals surface area contributed by atoms with Crippen molar-refractivity contribution < 1.29 is 0 Å². The lowest BCUT2D eigenvalue weighted by atomic mass is 10.0. The highest BCUT2D eigenvalue weighted by molar-refractivity contribution is 6.18. The van der Waals surface area contributed by atoms with Gasteiger partial charge in [0.1, 0.15) is 0 Å². The second kappa shape index (κ2) is 6.77. The maximum atomic E-state index is 5.92. The van der Waals surface area contributed by atoms with Gasteiger partial charge in [0.05, 0.1) is 0 Å². The van der Waals surface area contributed by atoms with Crippen molar-refractivity contribution in [1.29, 1.82) is 0 Å². The van der Waals surface area contributed by atoms with E-state index in [1.807, 2.05) is 0 Å². The molecule has 1 unspecified atom stereocenters. The van der Waals surface area contributed by atoms with Crippen molar-refractivity contribution in [3.8, 4) is 0 Å². The molecule has 0 spiro atoms. The fourth-order valence-electron chi connectivity index (χ4n) is 1.59. The number of rotatable bonds is 6. The van der Waals surface area contributed by atoms with E-state index in [1.54, 1.807) is 0 Å². The van der Waals surface area contributed by atoms with Gasteiger partial charge in [-0.1, -0.05) is 19.1 Å². The maximum absolute atomic E-state index is 5.92. The van der Waals surface area contributed by atoms with Crippen molar-refractivity contribution in [3.05, 3.63) is 29.8 Å². The molecule has 90 valence electrons. The zero-order valence-electron chi connectivity index (χ0n) is 10.1. The lowest BCUT2D eigenvalue weighted by Gasteiger charge is -2.18. The van der Waals surface area contributed by atoms with Gasteiger partial charge in [-0.2, -0.15) is 0 Å². The van der Waals surface area contributed by atoms with Gasteiger partial charge in [0.2, 0.25) is 0 Å². The van der Waals surface area contributed by atoms with Crippen molar-refractivity contribution in [3.63, 3.8) is 0 Å².